The molecule has 0 bridgehead atoms. The number of nitrogens with zero attached hydrogens (tertiary/aromatic N) is 1. The standard InChI is InChI=1S/C24H20F3NO2/c1-15(2)28-22(29)20-13-8-17(16-6-4-3-5-7-16)14-21(20)23(28,30)18-9-11-19(12-10-18)24(25,26)27/h3-15,30H,1-2H3. The van der Waals surface area contributed by atoms with Crippen molar-refractivity contribution in [3.05, 3.63) is 95.1 Å². The molecular weight excluding hydrogens is 391 g/mol. The van der Waals surface area contributed by atoms with Crippen molar-refractivity contribution in [2.24, 2.45) is 0 Å². The van der Waals surface area contributed by atoms with Crippen LogP contribution in [0.3, 0.4) is 0 Å². The number of benzene rings is 3. The molecule has 0 saturated carbocycles. The molecule has 1 unspecified atom stereocenters. The highest BCUT2D eigenvalue weighted by Gasteiger charge is 2.51. The van der Waals surface area contributed by atoms with E-state index in [-0.39, 0.29) is 17.5 Å². The van der Waals surface area contributed by atoms with Crippen molar-refractivity contribution in [2.45, 2.75) is 31.8 Å². The second kappa shape index (κ2) is 6.99. The van der Waals surface area contributed by atoms with E-state index in [0.717, 1.165) is 23.3 Å². The van der Waals surface area contributed by atoms with Crippen LogP contribution < -0.4 is 0 Å². The quantitative estimate of drug-likeness (QED) is 0.624. The average Bonchev–Trinajstić information content (AvgIpc) is 2.96. The number of halogens is 3. The van der Waals surface area contributed by atoms with Gasteiger partial charge in [0.15, 0.2) is 5.72 Å². The summed E-state index contributed by atoms with van der Waals surface area (Å²) in [5.41, 5.74) is -0.0538. The molecule has 0 fully saturated rings. The van der Waals surface area contributed by atoms with Gasteiger partial charge in [0.2, 0.25) is 0 Å². The molecule has 1 N–H and O–H groups in total. The molecule has 0 aliphatic carbocycles. The van der Waals surface area contributed by atoms with Gasteiger partial charge in [0, 0.05) is 22.7 Å². The Labute approximate surface area is 172 Å². The molecule has 30 heavy (non-hydrogen) atoms. The van der Waals surface area contributed by atoms with Gasteiger partial charge in [-0.15, -0.1) is 0 Å². The number of carbonyl (C=O) groups is 1. The van der Waals surface area contributed by atoms with Crippen LogP contribution in [-0.4, -0.2) is 22.0 Å². The van der Waals surface area contributed by atoms with Crippen LogP contribution in [0.2, 0.25) is 0 Å². The number of amides is 1. The van der Waals surface area contributed by atoms with Crippen molar-refractivity contribution in [3.63, 3.8) is 0 Å². The highest BCUT2D eigenvalue weighted by molar-refractivity contribution is 6.01. The van der Waals surface area contributed by atoms with Gasteiger partial charge in [-0.1, -0.05) is 48.5 Å². The number of aliphatic hydroxyl groups is 1. The number of hydrogen-bond donors (Lipinski definition) is 1. The van der Waals surface area contributed by atoms with Crippen molar-refractivity contribution >= 4 is 5.91 Å². The third-order valence-corrected chi connectivity index (χ3v) is 5.43. The summed E-state index contributed by atoms with van der Waals surface area (Å²) in [5.74, 6) is -0.359. The van der Waals surface area contributed by atoms with Gasteiger partial charge in [-0.05, 0) is 49.2 Å². The van der Waals surface area contributed by atoms with Crippen LogP contribution in [0.15, 0.2) is 72.8 Å². The Morgan fingerprint density at radius 2 is 1.53 bits per heavy atom. The topological polar surface area (TPSA) is 40.5 Å². The molecule has 1 atom stereocenters. The predicted octanol–water partition coefficient (Wildman–Crippen LogP) is 5.43. The Kier molecular flexibility index (Phi) is 4.70. The lowest BCUT2D eigenvalue weighted by Gasteiger charge is -2.37. The van der Waals surface area contributed by atoms with Crippen LogP contribution in [0.4, 0.5) is 13.2 Å². The van der Waals surface area contributed by atoms with Crippen LogP contribution in [0, 0.1) is 0 Å². The second-order valence-corrected chi connectivity index (χ2v) is 7.64. The van der Waals surface area contributed by atoms with Crippen LogP contribution in [-0.2, 0) is 11.9 Å². The van der Waals surface area contributed by atoms with E-state index in [1.165, 1.54) is 17.0 Å². The highest BCUT2D eigenvalue weighted by Crippen LogP contribution is 2.45. The second-order valence-electron chi connectivity index (χ2n) is 7.64. The zero-order valence-electron chi connectivity index (χ0n) is 16.4. The van der Waals surface area contributed by atoms with E-state index < -0.39 is 17.5 Å². The lowest BCUT2D eigenvalue weighted by molar-refractivity contribution is -0.137. The van der Waals surface area contributed by atoms with Crippen LogP contribution in [0.25, 0.3) is 11.1 Å². The molecule has 1 aliphatic rings. The lowest BCUT2D eigenvalue weighted by Crippen LogP contribution is -2.48. The molecule has 0 radical (unpaired) electrons. The maximum Gasteiger partial charge on any atom is 0.416 e. The van der Waals surface area contributed by atoms with E-state index in [0.29, 0.717) is 11.1 Å². The zero-order chi connectivity index (χ0) is 21.7. The maximum absolute atomic E-state index is 13.1. The normalized spacial score (nSPS) is 18.8. The third kappa shape index (κ3) is 3.08. The third-order valence-electron chi connectivity index (χ3n) is 5.43. The van der Waals surface area contributed by atoms with Gasteiger partial charge in [-0.25, -0.2) is 0 Å². The molecule has 4 rings (SSSR count). The van der Waals surface area contributed by atoms with Crippen LogP contribution in [0.1, 0.15) is 40.9 Å². The molecule has 6 heteroatoms. The number of carbonyl (C=O) groups excluding carboxylic acids is 1. The summed E-state index contributed by atoms with van der Waals surface area (Å²) in [7, 11) is 0. The highest BCUT2D eigenvalue weighted by atomic mass is 19.4. The fourth-order valence-electron chi connectivity index (χ4n) is 4.03. The number of rotatable bonds is 3. The Bertz CT molecular complexity index is 1090. The molecule has 1 aliphatic heterocycles. The molecular formula is C24H20F3NO2. The fourth-order valence-corrected chi connectivity index (χ4v) is 4.03. The van der Waals surface area contributed by atoms with Gasteiger partial charge < -0.3 is 5.11 Å². The Morgan fingerprint density at radius 1 is 0.900 bits per heavy atom. The van der Waals surface area contributed by atoms with Crippen LogP contribution >= 0.6 is 0 Å². The fraction of sp³-hybridized carbons (Fsp3) is 0.208. The summed E-state index contributed by atoms with van der Waals surface area (Å²) < 4.78 is 39.0. The molecule has 1 heterocycles. The smallest absolute Gasteiger partial charge is 0.363 e. The minimum atomic E-state index is -4.48. The predicted molar refractivity (Wildman–Crippen MR) is 108 cm³/mol. The number of fused-ring (bicyclic) bond motifs is 1. The molecule has 0 spiro atoms. The summed E-state index contributed by atoms with van der Waals surface area (Å²) >= 11 is 0. The molecule has 154 valence electrons. The average molecular weight is 411 g/mol. The molecule has 1 amide bonds. The minimum Gasteiger partial charge on any atom is -0.363 e. The molecule has 3 aromatic carbocycles. The van der Waals surface area contributed by atoms with E-state index in [2.05, 4.69) is 0 Å². The molecule has 0 saturated heterocycles. The first-order chi connectivity index (χ1) is 14.1. The van der Waals surface area contributed by atoms with E-state index >= 15 is 0 Å². The number of alkyl halides is 3. The van der Waals surface area contributed by atoms with Gasteiger partial charge in [-0.2, -0.15) is 13.2 Å². The van der Waals surface area contributed by atoms with Gasteiger partial charge in [0.1, 0.15) is 0 Å². The van der Waals surface area contributed by atoms with Crippen molar-refractivity contribution in [1.82, 2.24) is 4.90 Å². The molecule has 3 nitrogen and oxygen atoms in total. The molecule has 0 aromatic heterocycles. The lowest BCUT2D eigenvalue weighted by atomic mass is 9.90. The Morgan fingerprint density at radius 3 is 2.10 bits per heavy atom. The van der Waals surface area contributed by atoms with Gasteiger partial charge in [0.25, 0.3) is 5.91 Å². The van der Waals surface area contributed by atoms with Crippen molar-refractivity contribution in [3.8, 4) is 11.1 Å². The van der Waals surface area contributed by atoms with Crippen molar-refractivity contribution in [2.75, 3.05) is 0 Å². The summed E-state index contributed by atoms with van der Waals surface area (Å²) in [4.78, 5) is 14.4. The monoisotopic (exact) mass is 411 g/mol. The molecule has 3 aromatic rings. The van der Waals surface area contributed by atoms with E-state index in [9.17, 15) is 23.1 Å². The van der Waals surface area contributed by atoms with Crippen molar-refractivity contribution < 1.29 is 23.1 Å². The van der Waals surface area contributed by atoms with Gasteiger partial charge in [0.05, 0.1) is 5.56 Å². The van der Waals surface area contributed by atoms with Crippen LogP contribution in [0.5, 0.6) is 0 Å². The van der Waals surface area contributed by atoms with E-state index in [1.54, 1.807) is 26.0 Å². The minimum absolute atomic E-state index is 0.210. The number of hydrogen-bond acceptors (Lipinski definition) is 2. The Balaban J connectivity index is 1.90. The maximum atomic E-state index is 13.1. The Hall–Kier alpha value is -3.12. The SMILES string of the molecule is CC(C)N1C(=O)c2ccc(-c3ccccc3)cc2C1(O)c1ccc(C(F)(F)F)cc1. The van der Waals surface area contributed by atoms with Crippen molar-refractivity contribution in [1.29, 1.82) is 0 Å². The first-order valence-corrected chi connectivity index (χ1v) is 9.57. The first kappa shape index (κ1) is 20.2. The summed E-state index contributed by atoms with van der Waals surface area (Å²) in [6, 6.07) is 18.6. The summed E-state index contributed by atoms with van der Waals surface area (Å²) in [6.45, 7) is 3.52. The van der Waals surface area contributed by atoms with Gasteiger partial charge in [-0.3, -0.25) is 9.69 Å². The summed E-state index contributed by atoms with van der Waals surface area (Å²) in [5, 5.41) is 11.8. The van der Waals surface area contributed by atoms with E-state index in [1.807, 2.05) is 36.4 Å². The van der Waals surface area contributed by atoms with E-state index in [4.69, 9.17) is 0 Å². The summed E-state index contributed by atoms with van der Waals surface area (Å²) in [6.07, 6.45) is -4.48. The largest absolute Gasteiger partial charge is 0.416 e. The zero-order valence-corrected chi connectivity index (χ0v) is 16.4. The first-order valence-electron chi connectivity index (χ1n) is 9.57. The van der Waals surface area contributed by atoms with Gasteiger partial charge >= 0.3 is 6.18 Å².